The van der Waals surface area contributed by atoms with Gasteiger partial charge in [0.15, 0.2) is 0 Å². The molecular weight excluding hydrogens is 337 g/mol. The predicted octanol–water partition coefficient (Wildman–Crippen LogP) is 4.26. The van der Waals surface area contributed by atoms with Gasteiger partial charge in [0.2, 0.25) is 11.7 Å². The van der Waals surface area contributed by atoms with Gasteiger partial charge in [0.05, 0.1) is 0 Å². The van der Waals surface area contributed by atoms with E-state index in [1.165, 1.54) is 12.1 Å². The van der Waals surface area contributed by atoms with E-state index in [-0.39, 0.29) is 17.8 Å². The average Bonchev–Trinajstić information content (AvgIpc) is 2.87. The van der Waals surface area contributed by atoms with Crippen molar-refractivity contribution in [2.75, 3.05) is 0 Å². The molecule has 0 saturated heterocycles. The molecule has 1 heterocycles. The van der Waals surface area contributed by atoms with E-state index < -0.39 is 0 Å². The van der Waals surface area contributed by atoms with Crippen molar-refractivity contribution in [3.63, 3.8) is 0 Å². The summed E-state index contributed by atoms with van der Waals surface area (Å²) in [4.78, 5) is 4.41. The summed E-state index contributed by atoms with van der Waals surface area (Å²) in [5, 5.41) is 3.98. The predicted molar refractivity (Wildman–Crippen MR) is 83.3 cm³/mol. The number of hydrogen-bond donors (Lipinski definition) is 1. The van der Waals surface area contributed by atoms with Crippen LogP contribution < -0.4 is 5.73 Å². The lowest BCUT2D eigenvalue weighted by Gasteiger charge is -2.07. The molecule has 21 heavy (non-hydrogen) atoms. The molecule has 4 nitrogen and oxygen atoms in total. The van der Waals surface area contributed by atoms with E-state index in [2.05, 4.69) is 33.0 Å². The van der Waals surface area contributed by atoms with Crippen molar-refractivity contribution in [3.8, 4) is 11.4 Å². The number of halogens is 2. The van der Waals surface area contributed by atoms with Crippen LogP contribution in [0, 0.1) is 5.82 Å². The minimum Gasteiger partial charge on any atom is -0.339 e. The fourth-order valence-electron chi connectivity index (χ4n) is 2.09. The van der Waals surface area contributed by atoms with Gasteiger partial charge >= 0.3 is 0 Å². The highest BCUT2D eigenvalue weighted by atomic mass is 79.9. The number of rotatable bonds is 6. The summed E-state index contributed by atoms with van der Waals surface area (Å²) in [7, 11) is 0. The van der Waals surface area contributed by atoms with Crippen molar-refractivity contribution in [1.82, 2.24) is 10.1 Å². The van der Waals surface area contributed by atoms with E-state index in [1.807, 2.05) is 6.92 Å². The van der Waals surface area contributed by atoms with Crippen LogP contribution in [-0.4, -0.2) is 16.2 Å². The molecule has 0 aliphatic rings. The topological polar surface area (TPSA) is 64.9 Å². The third-order valence-corrected chi connectivity index (χ3v) is 3.99. The second kappa shape index (κ2) is 7.13. The van der Waals surface area contributed by atoms with Crippen LogP contribution in [-0.2, 0) is 0 Å². The Bertz CT molecular complexity index is 600. The van der Waals surface area contributed by atoms with Gasteiger partial charge in [-0.2, -0.15) is 4.98 Å². The van der Waals surface area contributed by atoms with Crippen molar-refractivity contribution in [2.24, 2.45) is 5.73 Å². The van der Waals surface area contributed by atoms with Crippen LogP contribution >= 0.6 is 15.9 Å². The average molecular weight is 356 g/mol. The lowest BCUT2D eigenvalue weighted by molar-refractivity contribution is 0.350. The molecule has 0 aliphatic heterocycles. The van der Waals surface area contributed by atoms with Crippen LogP contribution in [0.1, 0.15) is 44.9 Å². The first kappa shape index (κ1) is 16.1. The molecule has 1 aromatic carbocycles. The normalized spacial score (nSPS) is 14.1. The maximum absolute atomic E-state index is 13.1. The van der Waals surface area contributed by atoms with E-state index in [4.69, 9.17) is 10.3 Å². The molecule has 0 fully saturated rings. The van der Waals surface area contributed by atoms with Gasteiger partial charge in [0, 0.05) is 22.0 Å². The van der Waals surface area contributed by atoms with Crippen LogP contribution in [0.2, 0.25) is 0 Å². The van der Waals surface area contributed by atoms with Crippen LogP contribution in [0.3, 0.4) is 0 Å². The van der Waals surface area contributed by atoms with Crippen molar-refractivity contribution >= 4 is 15.9 Å². The SMILES string of the molecule is CC(N)CCCC(C)c1nc(-c2ccc(F)cc2Br)no1. The molecule has 2 atom stereocenters. The molecule has 0 bridgehead atoms. The summed E-state index contributed by atoms with van der Waals surface area (Å²) in [6.45, 7) is 4.06. The minimum absolute atomic E-state index is 0.184. The molecule has 2 aromatic rings. The number of benzene rings is 1. The summed E-state index contributed by atoms with van der Waals surface area (Å²) in [5.74, 6) is 0.949. The summed E-state index contributed by atoms with van der Waals surface area (Å²) in [6, 6.07) is 4.61. The molecule has 1 aromatic heterocycles. The van der Waals surface area contributed by atoms with Gasteiger partial charge in [0.25, 0.3) is 0 Å². The molecule has 0 amide bonds. The van der Waals surface area contributed by atoms with E-state index >= 15 is 0 Å². The summed E-state index contributed by atoms with van der Waals surface area (Å²) < 4.78 is 19.0. The number of aromatic nitrogens is 2. The molecule has 6 heteroatoms. The van der Waals surface area contributed by atoms with Crippen molar-refractivity contribution in [1.29, 1.82) is 0 Å². The lowest BCUT2D eigenvalue weighted by atomic mass is 10.0. The van der Waals surface area contributed by atoms with E-state index in [9.17, 15) is 4.39 Å². The van der Waals surface area contributed by atoms with Crippen molar-refractivity contribution in [2.45, 2.75) is 45.1 Å². The Labute approximate surface area is 132 Å². The van der Waals surface area contributed by atoms with Crippen LogP contribution in [0.15, 0.2) is 27.2 Å². The molecule has 2 unspecified atom stereocenters. The Morgan fingerprint density at radius 1 is 1.33 bits per heavy atom. The van der Waals surface area contributed by atoms with Crippen LogP contribution in [0.5, 0.6) is 0 Å². The van der Waals surface area contributed by atoms with Gasteiger partial charge in [-0.3, -0.25) is 0 Å². The Morgan fingerprint density at radius 2 is 2.10 bits per heavy atom. The van der Waals surface area contributed by atoms with Gasteiger partial charge in [-0.25, -0.2) is 4.39 Å². The maximum atomic E-state index is 13.1. The molecule has 0 aliphatic carbocycles. The van der Waals surface area contributed by atoms with Gasteiger partial charge in [0.1, 0.15) is 5.82 Å². The number of hydrogen-bond acceptors (Lipinski definition) is 4. The zero-order chi connectivity index (χ0) is 15.4. The Morgan fingerprint density at radius 3 is 2.76 bits per heavy atom. The molecule has 0 radical (unpaired) electrons. The van der Waals surface area contributed by atoms with Crippen LogP contribution in [0.25, 0.3) is 11.4 Å². The monoisotopic (exact) mass is 355 g/mol. The second-order valence-electron chi connectivity index (χ2n) is 5.39. The first-order valence-electron chi connectivity index (χ1n) is 7.02. The molecule has 2 rings (SSSR count). The Kier molecular flexibility index (Phi) is 5.47. The third-order valence-electron chi connectivity index (χ3n) is 3.33. The highest BCUT2D eigenvalue weighted by Crippen LogP contribution is 2.28. The summed E-state index contributed by atoms with van der Waals surface area (Å²) >= 11 is 3.31. The highest BCUT2D eigenvalue weighted by Gasteiger charge is 2.17. The van der Waals surface area contributed by atoms with Gasteiger partial charge in [-0.15, -0.1) is 0 Å². The summed E-state index contributed by atoms with van der Waals surface area (Å²) in [5.41, 5.74) is 6.46. The molecular formula is C15H19BrFN3O. The smallest absolute Gasteiger partial charge is 0.229 e. The summed E-state index contributed by atoms with van der Waals surface area (Å²) in [6.07, 6.45) is 2.96. The van der Waals surface area contributed by atoms with Gasteiger partial charge in [-0.1, -0.05) is 18.5 Å². The molecule has 0 saturated carbocycles. The van der Waals surface area contributed by atoms with Crippen molar-refractivity contribution in [3.05, 3.63) is 34.4 Å². The molecule has 114 valence electrons. The maximum Gasteiger partial charge on any atom is 0.229 e. The fraction of sp³-hybridized carbons (Fsp3) is 0.467. The van der Waals surface area contributed by atoms with Crippen LogP contribution in [0.4, 0.5) is 4.39 Å². The Hall–Kier alpha value is -1.27. The highest BCUT2D eigenvalue weighted by molar-refractivity contribution is 9.10. The Balaban J connectivity index is 2.07. The van der Waals surface area contributed by atoms with Gasteiger partial charge < -0.3 is 10.3 Å². The first-order valence-corrected chi connectivity index (χ1v) is 7.81. The van der Waals surface area contributed by atoms with E-state index in [0.29, 0.717) is 21.8 Å². The molecule has 0 spiro atoms. The third kappa shape index (κ3) is 4.35. The van der Waals surface area contributed by atoms with E-state index in [1.54, 1.807) is 6.07 Å². The fourth-order valence-corrected chi connectivity index (χ4v) is 2.61. The second-order valence-corrected chi connectivity index (χ2v) is 6.24. The first-order chi connectivity index (χ1) is 9.97. The number of nitrogens with zero attached hydrogens (tertiary/aromatic N) is 2. The quantitative estimate of drug-likeness (QED) is 0.840. The zero-order valence-electron chi connectivity index (χ0n) is 12.1. The largest absolute Gasteiger partial charge is 0.339 e. The number of nitrogens with two attached hydrogens (primary N) is 1. The minimum atomic E-state index is -0.307. The van der Waals surface area contributed by atoms with Crippen molar-refractivity contribution < 1.29 is 8.91 Å². The standard InChI is InChI=1S/C15H19BrFN3O/c1-9(4-3-5-10(2)18)15-19-14(20-21-15)12-7-6-11(17)8-13(12)16/h6-10H,3-5,18H2,1-2H3. The lowest BCUT2D eigenvalue weighted by Crippen LogP contribution is -2.14. The zero-order valence-corrected chi connectivity index (χ0v) is 13.7. The van der Waals surface area contributed by atoms with E-state index in [0.717, 1.165) is 19.3 Å². The van der Waals surface area contributed by atoms with Gasteiger partial charge in [-0.05, 0) is 53.9 Å². The molecule has 2 N–H and O–H groups in total.